The number of aromatic nitrogens is 2. The maximum absolute atomic E-state index is 15.2. The molecule has 0 saturated heterocycles. The summed E-state index contributed by atoms with van der Waals surface area (Å²) in [4.78, 5) is 16.9. The van der Waals surface area contributed by atoms with Crippen molar-refractivity contribution >= 4 is 29.1 Å². The molecule has 1 aliphatic rings. The largest absolute Gasteiger partial charge is 0.355 e. The predicted octanol–water partition coefficient (Wildman–Crippen LogP) is 6.26. The summed E-state index contributed by atoms with van der Waals surface area (Å²) in [5.74, 6) is -0.206. The summed E-state index contributed by atoms with van der Waals surface area (Å²) in [6, 6.07) is 11.7. The summed E-state index contributed by atoms with van der Waals surface area (Å²) in [7, 11) is 1.52. The SMILES string of the molecule is CNC(=O)c1cc(Cl)cc(-c2c(C#N)nc(C3CCCCC3)n2-c2cccc(Cl)c2F)c1. The first-order chi connectivity index (χ1) is 15.4. The van der Waals surface area contributed by atoms with E-state index < -0.39 is 5.82 Å². The maximum atomic E-state index is 15.2. The fraction of sp³-hybridized carbons (Fsp3) is 0.292. The van der Waals surface area contributed by atoms with Gasteiger partial charge in [-0.05, 0) is 43.2 Å². The first-order valence-electron chi connectivity index (χ1n) is 10.4. The summed E-state index contributed by atoms with van der Waals surface area (Å²) < 4.78 is 16.9. The van der Waals surface area contributed by atoms with Gasteiger partial charge in [0.05, 0.1) is 16.4 Å². The highest BCUT2D eigenvalue weighted by molar-refractivity contribution is 6.31. The number of nitrogens with zero attached hydrogens (tertiary/aromatic N) is 3. The minimum absolute atomic E-state index is 0.0209. The summed E-state index contributed by atoms with van der Waals surface area (Å²) in [5, 5.41) is 12.8. The second kappa shape index (κ2) is 9.32. The molecule has 1 aromatic heterocycles. The van der Waals surface area contributed by atoms with Crippen molar-refractivity contribution < 1.29 is 9.18 Å². The molecule has 0 unspecified atom stereocenters. The Hall–Kier alpha value is -2.88. The molecule has 1 aliphatic carbocycles. The molecule has 8 heteroatoms. The Morgan fingerprint density at radius 2 is 1.97 bits per heavy atom. The second-order valence-electron chi connectivity index (χ2n) is 7.83. The van der Waals surface area contributed by atoms with Gasteiger partial charge in [-0.3, -0.25) is 9.36 Å². The molecule has 0 radical (unpaired) electrons. The van der Waals surface area contributed by atoms with Crippen molar-refractivity contribution in [2.45, 2.75) is 38.0 Å². The minimum Gasteiger partial charge on any atom is -0.355 e. The van der Waals surface area contributed by atoms with Gasteiger partial charge >= 0.3 is 0 Å². The van der Waals surface area contributed by atoms with Crippen LogP contribution in [-0.4, -0.2) is 22.5 Å². The van der Waals surface area contributed by atoms with E-state index in [2.05, 4.69) is 16.4 Å². The fourth-order valence-electron chi connectivity index (χ4n) is 4.33. The van der Waals surface area contributed by atoms with Crippen molar-refractivity contribution in [3.8, 4) is 23.0 Å². The number of carbonyl (C=O) groups is 1. The van der Waals surface area contributed by atoms with Gasteiger partial charge < -0.3 is 5.32 Å². The number of benzene rings is 2. The van der Waals surface area contributed by atoms with Crippen LogP contribution in [0.3, 0.4) is 0 Å². The van der Waals surface area contributed by atoms with E-state index in [-0.39, 0.29) is 28.2 Å². The molecule has 3 aromatic rings. The number of nitriles is 1. The number of hydrogen-bond donors (Lipinski definition) is 1. The van der Waals surface area contributed by atoms with Gasteiger partial charge in [0, 0.05) is 29.1 Å². The normalized spacial score (nSPS) is 14.2. The molecule has 1 amide bonds. The number of halogens is 3. The van der Waals surface area contributed by atoms with Crippen molar-refractivity contribution in [1.82, 2.24) is 14.9 Å². The molecule has 0 atom stereocenters. The van der Waals surface area contributed by atoms with E-state index in [1.165, 1.54) is 13.1 Å². The summed E-state index contributed by atoms with van der Waals surface area (Å²) in [6.07, 6.45) is 5.05. The number of nitrogens with one attached hydrogen (secondary N) is 1. The van der Waals surface area contributed by atoms with Crippen LogP contribution in [0.5, 0.6) is 0 Å². The number of rotatable bonds is 4. The van der Waals surface area contributed by atoms with E-state index in [4.69, 9.17) is 23.2 Å². The molecular weight excluding hydrogens is 450 g/mol. The van der Waals surface area contributed by atoms with E-state index in [1.807, 2.05) is 0 Å². The van der Waals surface area contributed by atoms with Gasteiger partial charge in [-0.25, -0.2) is 9.37 Å². The van der Waals surface area contributed by atoms with Gasteiger partial charge in [0.25, 0.3) is 5.91 Å². The molecule has 1 saturated carbocycles. The molecular formula is C24H21Cl2FN4O. The van der Waals surface area contributed by atoms with Crippen molar-refractivity contribution in [3.63, 3.8) is 0 Å². The zero-order chi connectivity index (χ0) is 22.8. The number of carbonyl (C=O) groups excluding carboxylic acids is 1. The first-order valence-corrected chi connectivity index (χ1v) is 11.2. The monoisotopic (exact) mass is 470 g/mol. The molecule has 0 bridgehead atoms. The second-order valence-corrected chi connectivity index (χ2v) is 8.67. The Morgan fingerprint density at radius 1 is 1.22 bits per heavy atom. The quantitative estimate of drug-likeness (QED) is 0.488. The highest BCUT2D eigenvalue weighted by atomic mass is 35.5. The van der Waals surface area contributed by atoms with Gasteiger partial charge in [-0.1, -0.05) is 48.5 Å². The van der Waals surface area contributed by atoms with Crippen LogP contribution in [0, 0.1) is 17.1 Å². The van der Waals surface area contributed by atoms with Gasteiger partial charge in [-0.15, -0.1) is 0 Å². The zero-order valence-corrected chi connectivity index (χ0v) is 19.0. The Morgan fingerprint density at radius 3 is 2.66 bits per heavy atom. The molecule has 2 aromatic carbocycles. The van der Waals surface area contributed by atoms with E-state index >= 15 is 4.39 Å². The van der Waals surface area contributed by atoms with Crippen LogP contribution in [0.2, 0.25) is 10.0 Å². The van der Waals surface area contributed by atoms with Crippen LogP contribution in [0.4, 0.5) is 4.39 Å². The third kappa shape index (κ3) is 4.11. The van der Waals surface area contributed by atoms with Crippen LogP contribution in [0.15, 0.2) is 36.4 Å². The smallest absolute Gasteiger partial charge is 0.251 e. The van der Waals surface area contributed by atoms with Gasteiger partial charge in [0.15, 0.2) is 11.5 Å². The summed E-state index contributed by atoms with van der Waals surface area (Å²) in [5.41, 5.74) is 1.58. The molecule has 1 fully saturated rings. The average molecular weight is 471 g/mol. The van der Waals surface area contributed by atoms with Crippen molar-refractivity contribution in [1.29, 1.82) is 5.26 Å². The van der Waals surface area contributed by atoms with E-state index in [0.717, 1.165) is 32.1 Å². The van der Waals surface area contributed by atoms with Crippen LogP contribution < -0.4 is 5.32 Å². The van der Waals surface area contributed by atoms with Crippen molar-refractivity contribution in [2.75, 3.05) is 7.05 Å². The lowest BCUT2D eigenvalue weighted by molar-refractivity contribution is 0.0963. The van der Waals surface area contributed by atoms with E-state index in [0.29, 0.717) is 27.7 Å². The molecule has 1 N–H and O–H groups in total. The highest BCUT2D eigenvalue weighted by Crippen LogP contribution is 2.39. The number of hydrogen-bond acceptors (Lipinski definition) is 3. The molecule has 164 valence electrons. The predicted molar refractivity (Wildman–Crippen MR) is 123 cm³/mol. The number of imidazole rings is 1. The zero-order valence-electron chi connectivity index (χ0n) is 17.5. The van der Waals surface area contributed by atoms with Crippen LogP contribution in [0.25, 0.3) is 16.9 Å². The Balaban J connectivity index is 2.04. The molecule has 4 rings (SSSR count). The Kier molecular flexibility index (Phi) is 6.50. The molecule has 1 heterocycles. The minimum atomic E-state index is -0.595. The summed E-state index contributed by atoms with van der Waals surface area (Å²) in [6.45, 7) is 0. The topological polar surface area (TPSA) is 70.7 Å². The Labute approximate surface area is 195 Å². The Bertz CT molecular complexity index is 1230. The third-order valence-electron chi connectivity index (χ3n) is 5.81. The van der Waals surface area contributed by atoms with Crippen molar-refractivity contribution in [3.05, 3.63) is 69.3 Å². The third-order valence-corrected chi connectivity index (χ3v) is 6.32. The number of amides is 1. The fourth-order valence-corrected chi connectivity index (χ4v) is 4.73. The van der Waals surface area contributed by atoms with Gasteiger partial charge in [0.1, 0.15) is 11.9 Å². The first kappa shape index (κ1) is 22.3. The maximum Gasteiger partial charge on any atom is 0.251 e. The lowest BCUT2D eigenvalue weighted by Gasteiger charge is -2.23. The lowest BCUT2D eigenvalue weighted by atomic mass is 9.88. The van der Waals surface area contributed by atoms with E-state index in [9.17, 15) is 10.1 Å². The molecule has 0 spiro atoms. The van der Waals surface area contributed by atoms with Crippen LogP contribution in [-0.2, 0) is 0 Å². The lowest BCUT2D eigenvalue weighted by Crippen LogP contribution is -2.18. The van der Waals surface area contributed by atoms with Crippen LogP contribution >= 0.6 is 23.2 Å². The standard InChI is InChI=1S/C24H21Cl2FN4O/c1-29-24(32)16-10-15(11-17(25)12-16)22-19(13-28)30-23(14-6-3-2-4-7-14)31(22)20-9-5-8-18(26)21(20)27/h5,8-12,14H,2-4,6-7H2,1H3,(H,29,32). The van der Waals surface area contributed by atoms with E-state index in [1.54, 1.807) is 34.9 Å². The highest BCUT2D eigenvalue weighted by Gasteiger charge is 2.29. The molecule has 32 heavy (non-hydrogen) atoms. The van der Waals surface area contributed by atoms with Crippen molar-refractivity contribution in [2.24, 2.45) is 0 Å². The average Bonchev–Trinajstić information content (AvgIpc) is 3.20. The molecule has 5 nitrogen and oxygen atoms in total. The molecule has 0 aliphatic heterocycles. The van der Waals surface area contributed by atoms with Crippen LogP contribution in [0.1, 0.15) is 59.9 Å². The van der Waals surface area contributed by atoms with Gasteiger partial charge in [-0.2, -0.15) is 5.26 Å². The van der Waals surface area contributed by atoms with Gasteiger partial charge in [0.2, 0.25) is 0 Å². The summed E-state index contributed by atoms with van der Waals surface area (Å²) >= 11 is 12.4.